The lowest BCUT2D eigenvalue weighted by Crippen LogP contribution is -2.47. The molecule has 2 aliphatic heterocycles. The van der Waals surface area contributed by atoms with E-state index in [1.54, 1.807) is 22.3 Å². The Balaban J connectivity index is 1.20. The van der Waals surface area contributed by atoms with E-state index in [2.05, 4.69) is 74.0 Å². The molecule has 32 heavy (non-hydrogen) atoms. The van der Waals surface area contributed by atoms with Crippen LogP contribution in [0.2, 0.25) is 0 Å². The molecular formula is C30H44S2. The smallest absolute Gasteiger partial charge is 0.0618 e. The molecule has 176 valence electrons. The quantitative estimate of drug-likeness (QED) is 0.246. The lowest BCUT2D eigenvalue weighted by atomic mass is 9.72. The molecule has 0 nitrogen and oxygen atoms in total. The number of rotatable bonds is 13. The second-order valence-corrected chi connectivity index (χ2v) is 13.3. The van der Waals surface area contributed by atoms with Gasteiger partial charge in [-0.2, -0.15) is 0 Å². The fraction of sp³-hybridized carbons (Fsp3) is 0.667. The highest BCUT2D eigenvalue weighted by Crippen LogP contribution is 2.66. The Morgan fingerprint density at radius 1 is 0.812 bits per heavy atom. The van der Waals surface area contributed by atoms with E-state index in [1.807, 2.05) is 0 Å². The molecule has 1 fully saturated rings. The van der Waals surface area contributed by atoms with Crippen molar-refractivity contribution >= 4 is 23.5 Å². The third-order valence-corrected chi connectivity index (χ3v) is 11.2. The van der Waals surface area contributed by atoms with Gasteiger partial charge < -0.3 is 0 Å². The monoisotopic (exact) mass is 468 g/mol. The van der Waals surface area contributed by atoms with Crippen LogP contribution in [0.1, 0.15) is 117 Å². The molecule has 4 rings (SSSR count). The number of thioether (sulfide) groups is 2. The van der Waals surface area contributed by atoms with Crippen LogP contribution in [0.3, 0.4) is 0 Å². The number of hydrogen-bond acceptors (Lipinski definition) is 2. The molecule has 0 amide bonds. The molecule has 0 N–H and O–H groups in total. The van der Waals surface area contributed by atoms with E-state index in [4.69, 9.17) is 0 Å². The summed E-state index contributed by atoms with van der Waals surface area (Å²) in [6.45, 7) is 7.30. The molecule has 2 unspecified atom stereocenters. The Morgan fingerprint density at radius 3 is 2.12 bits per heavy atom. The molecule has 0 spiro atoms. The van der Waals surface area contributed by atoms with Crippen LogP contribution in [0.4, 0.5) is 0 Å². The van der Waals surface area contributed by atoms with Gasteiger partial charge in [0.05, 0.1) is 9.49 Å². The van der Waals surface area contributed by atoms with Crippen LogP contribution in [0.25, 0.3) is 0 Å². The van der Waals surface area contributed by atoms with Crippen molar-refractivity contribution in [3.8, 4) is 0 Å². The Labute approximate surface area is 206 Å². The van der Waals surface area contributed by atoms with E-state index in [0.29, 0.717) is 0 Å². The summed E-state index contributed by atoms with van der Waals surface area (Å²) in [5.41, 5.74) is 6.65. The van der Waals surface area contributed by atoms with E-state index < -0.39 is 0 Å². The van der Waals surface area contributed by atoms with E-state index in [1.165, 1.54) is 101 Å². The van der Waals surface area contributed by atoms with Gasteiger partial charge in [0.15, 0.2) is 0 Å². The van der Waals surface area contributed by atoms with Crippen molar-refractivity contribution in [2.24, 2.45) is 0 Å². The second kappa shape index (κ2) is 11.2. The van der Waals surface area contributed by atoms with Crippen LogP contribution in [0, 0.1) is 0 Å². The number of unbranched alkanes of at least 4 members (excludes halogenated alkanes) is 11. The Morgan fingerprint density at radius 2 is 1.44 bits per heavy atom. The summed E-state index contributed by atoms with van der Waals surface area (Å²) in [6, 6.07) is 0. The van der Waals surface area contributed by atoms with Crippen LogP contribution >= 0.6 is 23.5 Å². The standard InChI is InChI=1S/C30H44S2/c1-4-5-6-7-8-9-10-11-12-13-14-15-16-18-24-23-28-26-20-17-19-25(26)27-21-22-31-29(27,2)30(28,3)32-24/h16,18,21-23H,4-15,17,19-20H2,1-3H3/b18-16-. The minimum absolute atomic E-state index is 0.176. The van der Waals surface area contributed by atoms with Crippen molar-refractivity contribution in [3.63, 3.8) is 0 Å². The van der Waals surface area contributed by atoms with E-state index in [9.17, 15) is 0 Å². The fourth-order valence-electron chi connectivity index (χ4n) is 6.09. The Hall–Kier alpha value is -0.600. The maximum absolute atomic E-state index is 2.54. The molecule has 0 radical (unpaired) electrons. The van der Waals surface area contributed by atoms with Crippen molar-refractivity contribution in [2.45, 2.75) is 127 Å². The zero-order chi connectivity index (χ0) is 22.4. The van der Waals surface area contributed by atoms with Crippen molar-refractivity contribution < 1.29 is 0 Å². The molecule has 2 heterocycles. The zero-order valence-electron chi connectivity index (χ0n) is 20.8. The summed E-state index contributed by atoms with van der Waals surface area (Å²) in [5, 5.41) is 2.35. The van der Waals surface area contributed by atoms with Crippen molar-refractivity contribution in [3.05, 3.63) is 56.9 Å². The van der Waals surface area contributed by atoms with Crippen molar-refractivity contribution in [1.29, 1.82) is 0 Å². The lowest BCUT2D eigenvalue weighted by molar-refractivity contribution is 0.550. The molecule has 2 atom stereocenters. The van der Waals surface area contributed by atoms with E-state index >= 15 is 0 Å². The first-order valence-corrected chi connectivity index (χ1v) is 15.2. The molecule has 2 heteroatoms. The Kier molecular flexibility index (Phi) is 8.60. The molecule has 0 aromatic heterocycles. The summed E-state index contributed by atoms with van der Waals surface area (Å²) in [7, 11) is 0. The molecule has 0 aromatic carbocycles. The highest BCUT2D eigenvalue weighted by Gasteiger charge is 2.57. The predicted molar refractivity (Wildman–Crippen MR) is 147 cm³/mol. The van der Waals surface area contributed by atoms with Gasteiger partial charge in [0.25, 0.3) is 0 Å². The van der Waals surface area contributed by atoms with Crippen LogP contribution in [0.15, 0.2) is 56.9 Å². The topological polar surface area (TPSA) is 0 Å². The van der Waals surface area contributed by atoms with Crippen molar-refractivity contribution in [1.82, 2.24) is 0 Å². The van der Waals surface area contributed by atoms with Gasteiger partial charge in [0.2, 0.25) is 0 Å². The van der Waals surface area contributed by atoms with E-state index in [-0.39, 0.29) is 9.49 Å². The van der Waals surface area contributed by atoms with Crippen LogP contribution < -0.4 is 0 Å². The molecule has 4 aliphatic rings. The normalized spacial score (nSPS) is 28.7. The van der Waals surface area contributed by atoms with Crippen molar-refractivity contribution in [2.75, 3.05) is 0 Å². The fourth-order valence-corrected chi connectivity index (χ4v) is 8.90. The van der Waals surface area contributed by atoms with Gasteiger partial charge in [-0.1, -0.05) is 89.4 Å². The number of allylic oxidation sites excluding steroid dienone is 6. The van der Waals surface area contributed by atoms with Gasteiger partial charge >= 0.3 is 0 Å². The maximum Gasteiger partial charge on any atom is 0.0618 e. The number of fused-ring (bicyclic) bond motifs is 4. The molecule has 0 bridgehead atoms. The average molecular weight is 469 g/mol. The summed E-state index contributed by atoms with van der Waals surface area (Å²) in [4.78, 5) is 1.49. The molecule has 1 saturated carbocycles. The second-order valence-electron chi connectivity index (χ2n) is 10.5. The van der Waals surface area contributed by atoms with Gasteiger partial charge in [-0.3, -0.25) is 0 Å². The summed E-state index contributed by atoms with van der Waals surface area (Å²) in [6.07, 6.45) is 30.7. The van der Waals surface area contributed by atoms with Gasteiger partial charge in [0.1, 0.15) is 0 Å². The first kappa shape index (κ1) is 24.5. The molecule has 0 saturated heterocycles. The van der Waals surface area contributed by atoms with Crippen LogP contribution in [-0.2, 0) is 0 Å². The van der Waals surface area contributed by atoms with Gasteiger partial charge in [-0.05, 0) is 79.7 Å². The highest BCUT2D eigenvalue weighted by molar-refractivity contribution is 8.08. The molecule has 2 aliphatic carbocycles. The SMILES string of the molecule is CCCCCCCCCCCCC/C=C\C1=CC2=C3CCCC3=C3C=CSC3(C)C2(C)S1. The first-order chi connectivity index (χ1) is 15.6. The third-order valence-electron chi connectivity index (χ3n) is 8.21. The van der Waals surface area contributed by atoms with Crippen LogP contribution in [-0.4, -0.2) is 9.49 Å². The van der Waals surface area contributed by atoms with Gasteiger partial charge in [-0.25, -0.2) is 0 Å². The third kappa shape index (κ3) is 4.92. The average Bonchev–Trinajstić information content (AvgIpc) is 3.49. The van der Waals surface area contributed by atoms with Gasteiger partial charge in [0, 0.05) is 4.91 Å². The molecule has 0 aromatic rings. The van der Waals surface area contributed by atoms with Gasteiger partial charge in [-0.15, -0.1) is 23.5 Å². The number of hydrogen-bond donors (Lipinski definition) is 0. The predicted octanol–water partition coefficient (Wildman–Crippen LogP) is 10.4. The minimum Gasteiger partial charge on any atom is -0.121 e. The minimum atomic E-state index is 0.176. The largest absolute Gasteiger partial charge is 0.121 e. The highest BCUT2D eigenvalue weighted by atomic mass is 32.2. The van der Waals surface area contributed by atoms with E-state index in [0.717, 1.165) is 0 Å². The maximum atomic E-state index is 2.54. The first-order valence-electron chi connectivity index (χ1n) is 13.5. The summed E-state index contributed by atoms with van der Waals surface area (Å²) in [5.74, 6) is 0. The summed E-state index contributed by atoms with van der Waals surface area (Å²) >= 11 is 4.18. The Bertz CT molecular complexity index is 824. The summed E-state index contributed by atoms with van der Waals surface area (Å²) < 4.78 is 0.369. The lowest BCUT2D eigenvalue weighted by Gasteiger charge is -2.46. The zero-order valence-corrected chi connectivity index (χ0v) is 22.4. The molecular weight excluding hydrogens is 424 g/mol. The van der Waals surface area contributed by atoms with Crippen LogP contribution in [0.5, 0.6) is 0 Å².